The summed E-state index contributed by atoms with van der Waals surface area (Å²) in [5.74, 6) is 0.645. The number of nitrogens with zero attached hydrogens (tertiary/aromatic N) is 1. The maximum Gasteiger partial charge on any atom is 0.320 e. The number of carboxylic acids is 1. The van der Waals surface area contributed by atoms with E-state index in [9.17, 15) is 9.90 Å². The van der Waals surface area contributed by atoms with Crippen LogP contribution in [-0.4, -0.2) is 42.8 Å². The Kier molecular flexibility index (Phi) is 6.23. The zero-order valence-electron chi connectivity index (χ0n) is 17.8. The van der Waals surface area contributed by atoms with Crippen LogP contribution in [0.15, 0.2) is 72.8 Å². The minimum absolute atomic E-state index is 0.251. The number of methoxy groups -OCH3 is 2. The zero-order chi connectivity index (χ0) is 21.8. The van der Waals surface area contributed by atoms with E-state index in [2.05, 4.69) is 41.3 Å². The first-order valence-corrected chi connectivity index (χ1v) is 10.5. The number of ether oxygens (including phenoxy) is 2. The molecule has 2 unspecified atom stereocenters. The number of aliphatic carboxylic acids is 1. The van der Waals surface area contributed by atoms with E-state index in [4.69, 9.17) is 9.47 Å². The van der Waals surface area contributed by atoms with Crippen LogP contribution in [0.2, 0.25) is 0 Å². The molecule has 3 aromatic rings. The Morgan fingerprint density at radius 1 is 0.968 bits per heavy atom. The number of hydrogen-bond acceptors (Lipinski definition) is 4. The van der Waals surface area contributed by atoms with Gasteiger partial charge < -0.3 is 14.6 Å². The summed E-state index contributed by atoms with van der Waals surface area (Å²) in [6.45, 7) is 0.711. The van der Waals surface area contributed by atoms with Crippen molar-refractivity contribution >= 4 is 5.97 Å². The topological polar surface area (TPSA) is 59.0 Å². The molecule has 5 nitrogen and oxygen atoms in total. The highest BCUT2D eigenvalue weighted by Crippen LogP contribution is 2.41. The average Bonchev–Trinajstić information content (AvgIpc) is 3.30. The normalized spacial score (nSPS) is 17.3. The molecule has 160 valence electrons. The van der Waals surface area contributed by atoms with Crippen molar-refractivity contribution in [2.45, 2.75) is 24.9 Å². The first-order chi connectivity index (χ1) is 15.1. The quantitative estimate of drug-likeness (QED) is 0.586. The first kappa shape index (κ1) is 20.9. The highest BCUT2D eigenvalue weighted by atomic mass is 16.5. The summed E-state index contributed by atoms with van der Waals surface area (Å²) in [4.78, 5) is 14.1. The van der Waals surface area contributed by atoms with E-state index in [0.29, 0.717) is 24.5 Å². The van der Waals surface area contributed by atoms with E-state index in [1.165, 1.54) is 0 Å². The van der Waals surface area contributed by atoms with E-state index in [0.717, 1.165) is 28.7 Å². The summed E-state index contributed by atoms with van der Waals surface area (Å²) in [5.41, 5.74) is 4.20. The van der Waals surface area contributed by atoms with Gasteiger partial charge in [-0.3, -0.25) is 9.69 Å². The van der Waals surface area contributed by atoms with Gasteiger partial charge in [-0.25, -0.2) is 0 Å². The van der Waals surface area contributed by atoms with Crippen LogP contribution in [-0.2, 0) is 4.79 Å². The molecule has 0 radical (unpaired) electrons. The van der Waals surface area contributed by atoms with Crippen LogP contribution in [0.25, 0.3) is 11.1 Å². The van der Waals surface area contributed by atoms with Gasteiger partial charge in [-0.2, -0.15) is 0 Å². The highest BCUT2D eigenvalue weighted by Gasteiger charge is 2.38. The zero-order valence-corrected chi connectivity index (χ0v) is 17.8. The molecule has 1 fully saturated rings. The number of benzene rings is 3. The molecule has 1 saturated heterocycles. The van der Waals surface area contributed by atoms with Crippen molar-refractivity contribution in [3.8, 4) is 22.6 Å². The van der Waals surface area contributed by atoms with Crippen LogP contribution in [0, 0.1) is 0 Å². The van der Waals surface area contributed by atoms with Gasteiger partial charge in [0.05, 0.1) is 20.3 Å². The summed E-state index contributed by atoms with van der Waals surface area (Å²) < 4.78 is 11.1. The standard InChI is InChI=1S/C26H27NO4/c1-30-21-14-15-24(31-2)22(17-21)25(27-16-6-9-23(27)26(28)29)20-12-10-19(11-13-20)18-7-4-3-5-8-18/h3-5,7-8,10-15,17,23,25H,6,9,16H2,1-2H3,(H,28,29). The molecule has 2 atom stereocenters. The molecule has 0 amide bonds. The molecule has 0 aromatic heterocycles. The maximum absolute atomic E-state index is 12.0. The van der Waals surface area contributed by atoms with Crippen molar-refractivity contribution in [1.29, 1.82) is 0 Å². The summed E-state index contributed by atoms with van der Waals surface area (Å²) in [7, 11) is 3.27. The molecule has 4 rings (SSSR count). The van der Waals surface area contributed by atoms with Crippen LogP contribution >= 0.6 is 0 Å². The Bertz CT molecular complexity index is 1030. The van der Waals surface area contributed by atoms with Gasteiger partial charge in [0, 0.05) is 12.1 Å². The number of carbonyl (C=O) groups is 1. The number of hydrogen-bond donors (Lipinski definition) is 1. The summed E-state index contributed by atoms with van der Waals surface area (Å²) in [5, 5.41) is 9.85. The number of likely N-dealkylation sites (tertiary alicyclic amines) is 1. The van der Waals surface area contributed by atoms with Gasteiger partial charge in [0.2, 0.25) is 0 Å². The van der Waals surface area contributed by atoms with Gasteiger partial charge in [-0.15, -0.1) is 0 Å². The third-order valence-corrected chi connectivity index (χ3v) is 5.98. The second-order valence-electron chi connectivity index (χ2n) is 7.73. The van der Waals surface area contributed by atoms with Crippen molar-refractivity contribution in [2.75, 3.05) is 20.8 Å². The third kappa shape index (κ3) is 4.28. The van der Waals surface area contributed by atoms with E-state index in [-0.39, 0.29) is 6.04 Å². The molecule has 5 heteroatoms. The summed E-state index contributed by atoms with van der Waals surface area (Å²) in [6, 6.07) is 23.5. The lowest BCUT2D eigenvalue weighted by atomic mass is 9.93. The fourth-order valence-corrected chi connectivity index (χ4v) is 4.45. The Morgan fingerprint density at radius 2 is 1.68 bits per heavy atom. The Labute approximate surface area is 182 Å². The van der Waals surface area contributed by atoms with Crippen molar-refractivity contribution in [3.63, 3.8) is 0 Å². The second kappa shape index (κ2) is 9.23. The fourth-order valence-electron chi connectivity index (χ4n) is 4.45. The molecule has 1 heterocycles. The predicted molar refractivity (Wildman–Crippen MR) is 121 cm³/mol. The van der Waals surface area contributed by atoms with Crippen molar-refractivity contribution < 1.29 is 19.4 Å². The smallest absolute Gasteiger partial charge is 0.320 e. The SMILES string of the molecule is COc1ccc(OC)c(C(c2ccc(-c3ccccc3)cc2)N2CCCC2C(=O)O)c1. The predicted octanol–water partition coefficient (Wildman–Crippen LogP) is 5.01. The van der Waals surface area contributed by atoms with Gasteiger partial charge in [-0.05, 0) is 47.7 Å². The fraction of sp³-hybridized carbons (Fsp3) is 0.269. The third-order valence-electron chi connectivity index (χ3n) is 5.98. The molecule has 31 heavy (non-hydrogen) atoms. The first-order valence-electron chi connectivity index (χ1n) is 10.5. The molecule has 1 aliphatic rings. The van der Waals surface area contributed by atoms with Crippen LogP contribution in [0.4, 0.5) is 0 Å². The van der Waals surface area contributed by atoms with E-state index in [1.807, 2.05) is 36.4 Å². The number of rotatable bonds is 7. The van der Waals surface area contributed by atoms with Crippen LogP contribution in [0.5, 0.6) is 11.5 Å². The minimum Gasteiger partial charge on any atom is -0.497 e. The van der Waals surface area contributed by atoms with Crippen molar-refractivity contribution in [3.05, 3.63) is 83.9 Å². The number of carboxylic acid groups (broad SMARTS) is 1. The van der Waals surface area contributed by atoms with Gasteiger partial charge in [-0.1, -0.05) is 54.6 Å². The summed E-state index contributed by atoms with van der Waals surface area (Å²) in [6.07, 6.45) is 1.49. The van der Waals surface area contributed by atoms with Crippen LogP contribution in [0.1, 0.15) is 30.0 Å². The lowest BCUT2D eigenvalue weighted by Crippen LogP contribution is -2.39. The molecule has 3 aromatic carbocycles. The van der Waals surface area contributed by atoms with Crippen LogP contribution < -0.4 is 9.47 Å². The van der Waals surface area contributed by atoms with Gasteiger partial charge in [0.15, 0.2) is 0 Å². The second-order valence-corrected chi connectivity index (χ2v) is 7.73. The lowest BCUT2D eigenvalue weighted by Gasteiger charge is -2.33. The van der Waals surface area contributed by atoms with Crippen molar-refractivity contribution in [1.82, 2.24) is 4.90 Å². The lowest BCUT2D eigenvalue weighted by molar-refractivity contribution is -0.142. The van der Waals surface area contributed by atoms with Crippen LogP contribution in [0.3, 0.4) is 0 Å². The highest BCUT2D eigenvalue weighted by molar-refractivity contribution is 5.74. The van der Waals surface area contributed by atoms with Gasteiger partial charge in [0.25, 0.3) is 0 Å². The van der Waals surface area contributed by atoms with Crippen molar-refractivity contribution in [2.24, 2.45) is 0 Å². The molecule has 0 saturated carbocycles. The Morgan fingerprint density at radius 3 is 2.32 bits per heavy atom. The molecular weight excluding hydrogens is 390 g/mol. The van der Waals surface area contributed by atoms with Gasteiger partial charge >= 0.3 is 5.97 Å². The Hall–Kier alpha value is -3.31. The largest absolute Gasteiger partial charge is 0.497 e. The molecule has 1 N–H and O–H groups in total. The monoisotopic (exact) mass is 417 g/mol. The van der Waals surface area contributed by atoms with E-state index in [1.54, 1.807) is 14.2 Å². The minimum atomic E-state index is -0.787. The molecule has 0 bridgehead atoms. The van der Waals surface area contributed by atoms with E-state index >= 15 is 0 Å². The molecular formula is C26H27NO4. The molecule has 0 aliphatic carbocycles. The molecule has 0 spiro atoms. The van der Waals surface area contributed by atoms with E-state index < -0.39 is 12.0 Å². The Balaban J connectivity index is 1.81. The summed E-state index contributed by atoms with van der Waals surface area (Å²) >= 11 is 0. The maximum atomic E-state index is 12.0. The average molecular weight is 418 g/mol. The molecule has 1 aliphatic heterocycles. The van der Waals surface area contributed by atoms with Gasteiger partial charge in [0.1, 0.15) is 17.5 Å².